The molecule has 0 radical (unpaired) electrons. The van der Waals surface area contributed by atoms with Crippen molar-refractivity contribution in [2.75, 3.05) is 19.8 Å². The van der Waals surface area contributed by atoms with Gasteiger partial charge < -0.3 is 14.2 Å². The van der Waals surface area contributed by atoms with Crippen molar-refractivity contribution in [2.45, 2.75) is 31.2 Å². The third-order valence-electron chi connectivity index (χ3n) is 4.14. The Labute approximate surface area is 128 Å². The van der Waals surface area contributed by atoms with Gasteiger partial charge in [0.05, 0.1) is 19.3 Å². The molecule has 4 unspecified atom stereocenters. The lowest BCUT2D eigenvalue weighted by Crippen LogP contribution is -2.16. The van der Waals surface area contributed by atoms with Gasteiger partial charge >= 0.3 is 0 Å². The Kier molecular flexibility index (Phi) is 4.22. The first kappa shape index (κ1) is 14.2. The molecule has 1 aromatic carbocycles. The van der Waals surface area contributed by atoms with E-state index in [4.69, 9.17) is 14.2 Å². The van der Waals surface area contributed by atoms with E-state index in [1.807, 2.05) is 6.07 Å². The van der Waals surface area contributed by atoms with Crippen LogP contribution < -0.4 is 9.47 Å². The molecule has 110 valence electrons. The number of benzene rings is 1. The highest BCUT2D eigenvalue weighted by molar-refractivity contribution is 9.09. The van der Waals surface area contributed by atoms with Crippen LogP contribution in [0.15, 0.2) is 18.2 Å². The molecule has 3 rings (SSSR count). The minimum Gasteiger partial charge on any atom is -0.489 e. The molecule has 20 heavy (non-hydrogen) atoms. The Bertz CT molecular complexity index is 477. The Hall–Kier alpha value is -0.740. The minimum atomic E-state index is 0.301. The molecule has 0 saturated carbocycles. The number of hydrogen-bond acceptors (Lipinski definition) is 3. The second kappa shape index (κ2) is 5.94. The van der Waals surface area contributed by atoms with E-state index < -0.39 is 0 Å². The maximum Gasteiger partial charge on any atom is 0.161 e. The van der Waals surface area contributed by atoms with Gasteiger partial charge in [0.25, 0.3) is 0 Å². The highest BCUT2D eigenvalue weighted by atomic mass is 79.9. The van der Waals surface area contributed by atoms with E-state index in [-0.39, 0.29) is 0 Å². The molecule has 4 atom stereocenters. The van der Waals surface area contributed by atoms with Gasteiger partial charge in [-0.3, -0.25) is 0 Å². The molecular weight excluding hydrogens is 320 g/mol. The molecule has 0 spiro atoms. The third-order valence-corrected chi connectivity index (χ3v) is 5.35. The molecule has 0 bridgehead atoms. The van der Waals surface area contributed by atoms with Crippen LogP contribution in [0.1, 0.15) is 30.7 Å². The van der Waals surface area contributed by atoms with Gasteiger partial charge in [-0.25, -0.2) is 0 Å². The van der Waals surface area contributed by atoms with E-state index in [1.54, 1.807) is 0 Å². The second-order valence-corrected chi connectivity index (χ2v) is 6.85. The van der Waals surface area contributed by atoms with Gasteiger partial charge in [-0.05, 0) is 31.0 Å². The molecule has 2 aliphatic heterocycles. The van der Waals surface area contributed by atoms with E-state index in [0.29, 0.717) is 29.4 Å². The molecule has 3 nitrogen and oxygen atoms in total. The zero-order valence-corrected chi connectivity index (χ0v) is 13.6. The Balaban J connectivity index is 1.81. The largest absolute Gasteiger partial charge is 0.489 e. The zero-order valence-electron chi connectivity index (χ0n) is 12.0. The van der Waals surface area contributed by atoms with E-state index >= 15 is 0 Å². The first-order chi connectivity index (χ1) is 9.65. The first-order valence-corrected chi connectivity index (χ1v) is 8.22. The maximum atomic E-state index is 5.86. The summed E-state index contributed by atoms with van der Waals surface area (Å²) in [5.74, 6) is 2.66. The van der Waals surface area contributed by atoms with Gasteiger partial charge in [-0.2, -0.15) is 0 Å². The summed E-state index contributed by atoms with van der Waals surface area (Å²) in [5.41, 5.74) is 1.24. The van der Waals surface area contributed by atoms with Crippen molar-refractivity contribution in [3.8, 4) is 11.5 Å². The summed E-state index contributed by atoms with van der Waals surface area (Å²) in [5, 5.41) is 0. The predicted octanol–water partition coefficient (Wildman–Crippen LogP) is 3.95. The molecule has 1 fully saturated rings. The van der Waals surface area contributed by atoms with Crippen molar-refractivity contribution in [2.24, 2.45) is 11.8 Å². The fourth-order valence-electron chi connectivity index (χ4n) is 2.82. The predicted molar refractivity (Wildman–Crippen MR) is 81.8 cm³/mol. The van der Waals surface area contributed by atoms with E-state index in [1.165, 1.54) is 5.56 Å². The molecule has 0 amide bonds. The highest BCUT2D eigenvalue weighted by Crippen LogP contribution is 2.42. The number of halogens is 1. The smallest absolute Gasteiger partial charge is 0.161 e. The van der Waals surface area contributed by atoms with Gasteiger partial charge in [0, 0.05) is 23.3 Å². The van der Waals surface area contributed by atoms with Gasteiger partial charge in [-0.1, -0.05) is 28.9 Å². The van der Waals surface area contributed by atoms with Crippen LogP contribution in [-0.2, 0) is 4.74 Å². The van der Waals surface area contributed by atoms with Crippen molar-refractivity contribution >= 4 is 15.9 Å². The van der Waals surface area contributed by atoms with Gasteiger partial charge in [-0.15, -0.1) is 0 Å². The molecule has 2 aliphatic rings. The summed E-state index contributed by atoms with van der Waals surface area (Å²) in [6.45, 7) is 6.58. The van der Waals surface area contributed by atoms with E-state index in [0.717, 1.165) is 31.1 Å². The summed E-state index contributed by atoms with van der Waals surface area (Å²) in [4.78, 5) is 0.301. The van der Waals surface area contributed by atoms with Crippen LogP contribution in [0.4, 0.5) is 0 Å². The van der Waals surface area contributed by atoms with Gasteiger partial charge in [0.15, 0.2) is 11.5 Å². The molecule has 1 saturated heterocycles. The Morgan fingerprint density at radius 3 is 2.60 bits per heavy atom. The molecule has 4 heteroatoms. The van der Waals surface area contributed by atoms with Crippen molar-refractivity contribution in [1.82, 2.24) is 0 Å². The topological polar surface area (TPSA) is 27.7 Å². The standard InChI is InChI=1S/C16H21BrO3/c1-10-8-19-14-4-3-12(7-15(14)20-9-10)16(17)13-5-6-18-11(13)2/h3-4,7,10-11,13,16H,5-6,8-9H2,1-2H3. The molecule has 0 N–H and O–H groups in total. The zero-order chi connectivity index (χ0) is 14.1. The average molecular weight is 341 g/mol. The van der Waals surface area contributed by atoms with Gasteiger partial charge in [0.1, 0.15) is 0 Å². The highest BCUT2D eigenvalue weighted by Gasteiger charge is 2.31. The number of alkyl halides is 1. The molecule has 1 aromatic rings. The molecule has 2 heterocycles. The van der Waals surface area contributed by atoms with Crippen molar-refractivity contribution < 1.29 is 14.2 Å². The lowest BCUT2D eigenvalue weighted by Gasteiger charge is -2.21. The summed E-state index contributed by atoms with van der Waals surface area (Å²) in [6.07, 6.45) is 1.40. The fourth-order valence-corrected chi connectivity index (χ4v) is 3.80. The van der Waals surface area contributed by atoms with Crippen molar-refractivity contribution in [1.29, 1.82) is 0 Å². The monoisotopic (exact) mass is 340 g/mol. The van der Waals surface area contributed by atoms with E-state index in [2.05, 4.69) is 41.9 Å². The van der Waals surface area contributed by atoms with Crippen LogP contribution in [0.25, 0.3) is 0 Å². The van der Waals surface area contributed by atoms with Crippen LogP contribution >= 0.6 is 15.9 Å². The summed E-state index contributed by atoms with van der Waals surface area (Å²) >= 11 is 3.84. The second-order valence-electron chi connectivity index (χ2n) is 5.86. The quantitative estimate of drug-likeness (QED) is 0.763. The van der Waals surface area contributed by atoms with Crippen LogP contribution in [0.2, 0.25) is 0 Å². The van der Waals surface area contributed by atoms with Crippen molar-refractivity contribution in [3.05, 3.63) is 23.8 Å². The van der Waals surface area contributed by atoms with Crippen LogP contribution in [0, 0.1) is 11.8 Å². The van der Waals surface area contributed by atoms with Crippen molar-refractivity contribution in [3.63, 3.8) is 0 Å². The molecule has 0 aromatic heterocycles. The van der Waals surface area contributed by atoms with Crippen LogP contribution in [-0.4, -0.2) is 25.9 Å². The minimum absolute atomic E-state index is 0.301. The first-order valence-electron chi connectivity index (χ1n) is 7.30. The SMILES string of the molecule is CC1COc2ccc(C(Br)C3CCOC3C)cc2OC1. The van der Waals surface area contributed by atoms with E-state index in [9.17, 15) is 0 Å². The normalized spacial score (nSPS) is 30.9. The van der Waals surface area contributed by atoms with Gasteiger partial charge in [0.2, 0.25) is 0 Å². The maximum absolute atomic E-state index is 5.86. The lowest BCUT2D eigenvalue weighted by molar-refractivity contribution is 0.105. The third kappa shape index (κ3) is 2.82. The number of fused-ring (bicyclic) bond motifs is 1. The Morgan fingerprint density at radius 2 is 1.90 bits per heavy atom. The number of hydrogen-bond donors (Lipinski definition) is 0. The van der Waals surface area contributed by atoms with Crippen LogP contribution in [0.3, 0.4) is 0 Å². The number of rotatable bonds is 2. The Morgan fingerprint density at radius 1 is 1.15 bits per heavy atom. The average Bonchev–Trinajstić information content (AvgIpc) is 2.79. The molecule has 0 aliphatic carbocycles. The number of ether oxygens (including phenoxy) is 3. The lowest BCUT2D eigenvalue weighted by atomic mass is 9.93. The summed E-state index contributed by atoms with van der Waals surface area (Å²) in [7, 11) is 0. The summed E-state index contributed by atoms with van der Waals surface area (Å²) in [6, 6.07) is 6.26. The molecular formula is C16H21BrO3. The summed E-state index contributed by atoms with van der Waals surface area (Å²) < 4.78 is 17.3. The fraction of sp³-hybridized carbons (Fsp3) is 0.625. The van der Waals surface area contributed by atoms with Crippen LogP contribution in [0.5, 0.6) is 11.5 Å².